The number of aromatic hydroxyl groups is 1. The normalized spacial score (nSPS) is 12.5. The van der Waals surface area contributed by atoms with Crippen LogP contribution in [-0.2, 0) is 5.54 Å². The van der Waals surface area contributed by atoms with Crippen LogP contribution >= 0.6 is 0 Å². The highest BCUT2D eigenvalue weighted by atomic mass is 19.1. The molecule has 3 aromatic carbocycles. The van der Waals surface area contributed by atoms with Crippen LogP contribution in [-0.4, -0.2) is 15.8 Å². The van der Waals surface area contributed by atoms with Gasteiger partial charge in [-0.25, -0.2) is 9.38 Å². The van der Waals surface area contributed by atoms with Gasteiger partial charge < -0.3 is 15.8 Å². The summed E-state index contributed by atoms with van der Waals surface area (Å²) in [6.45, 7) is 3.88. The summed E-state index contributed by atoms with van der Waals surface area (Å²) in [7, 11) is 0. The SMILES string of the molecule is CC(C)(N)c1cccc(N=C(c2ccccc2)c2c(O)[nH]c3cc(F)ccc23)c1. The minimum Gasteiger partial charge on any atom is -0.494 e. The monoisotopic (exact) mass is 387 g/mol. The van der Waals surface area contributed by atoms with Crippen molar-refractivity contribution in [2.75, 3.05) is 0 Å². The number of nitrogens with two attached hydrogens (primary N) is 1. The van der Waals surface area contributed by atoms with Gasteiger partial charge in [0.05, 0.1) is 22.5 Å². The van der Waals surface area contributed by atoms with Gasteiger partial charge in [-0.3, -0.25) is 0 Å². The third-order valence-corrected chi connectivity index (χ3v) is 4.86. The Balaban J connectivity index is 1.96. The fourth-order valence-corrected chi connectivity index (χ4v) is 3.36. The average molecular weight is 387 g/mol. The first-order valence-electron chi connectivity index (χ1n) is 9.37. The molecule has 0 saturated carbocycles. The summed E-state index contributed by atoms with van der Waals surface area (Å²) < 4.78 is 13.7. The predicted octanol–water partition coefficient (Wildman–Crippen LogP) is 5.38. The second kappa shape index (κ2) is 7.18. The van der Waals surface area contributed by atoms with Gasteiger partial charge in [-0.2, -0.15) is 0 Å². The molecular weight excluding hydrogens is 365 g/mol. The number of fused-ring (bicyclic) bond motifs is 1. The molecule has 4 rings (SSSR count). The molecule has 0 aliphatic rings. The van der Waals surface area contributed by atoms with Crippen molar-refractivity contribution in [3.63, 3.8) is 0 Å². The number of hydrogen-bond donors (Lipinski definition) is 3. The van der Waals surface area contributed by atoms with E-state index < -0.39 is 5.54 Å². The smallest absolute Gasteiger partial charge is 0.199 e. The third-order valence-electron chi connectivity index (χ3n) is 4.86. The Morgan fingerprint density at radius 1 is 1.00 bits per heavy atom. The third kappa shape index (κ3) is 3.77. The van der Waals surface area contributed by atoms with Crippen LogP contribution in [0.3, 0.4) is 0 Å². The van der Waals surface area contributed by atoms with Crippen LogP contribution in [0.4, 0.5) is 10.1 Å². The molecule has 0 fully saturated rings. The van der Waals surface area contributed by atoms with Crippen molar-refractivity contribution in [3.8, 4) is 5.88 Å². The standard InChI is InChI=1S/C24H22FN3O/c1-24(2,26)16-9-6-10-18(13-16)27-22(15-7-4-3-5-8-15)21-19-12-11-17(25)14-20(19)28-23(21)29/h3-14,28-29H,26H2,1-2H3. The van der Waals surface area contributed by atoms with Gasteiger partial charge in [0.15, 0.2) is 5.88 Å². The lowest BCUT2D eigenvalue weighted by atomic mass is 9.95. The zero-order valence-electron chi connectivity index (χ0n) is 16.3. The van der Waals surface area contributed by atoms with Crippen molar-refractivity contribution in [1.29, 1.82) is 0 Å². The first kappa shape index (κ1) is 18.9. The molecule has 4 nitrogen and oxygen atoms in total. The summed E-state index contributed by atoms with van der Waals surface area (Å²) >= 11 is 0. The number of aromatic nitrogens is 1. The minimum absolute atomic E-state index is 0.0523. The number of benzene rings is 3. The molecule has 0 radical (unpaired) electrons. The van der Waals surface area contributed by atoms with Crippen LogP contribution in [0.25, 0.3) is 10.9 Å². The van der Waals surface area contributed by atoms with E-state index in [1.54, 1.807) is 6.07 Å². The summed E-state index contributed by atoms with van der Waals surface area (Å²) in [5.41, 5.74) is 9.89. The molecule has 1 aromatic heterocycles. The largest absolute Gasteiger partial charge is 0.494 e. The second-order valence-corrected chi connectivity index (χ2v) is 7.64. The molecule has 0 bridgehead atoms. The summed E-state index contributed by atoms with van der Waals surface area (Å²) in [6.07, 6.45) is 0. The highest BCUT2D eigenvalue weighted by Crippen LogP contribution is 2.32. The Labute approximate surface area is 168 Å². The van der Waals surface area contributed by atoms with Gasteiger partial charge in [-0.1, -0.05) is 42.5 Å². The summed E-state index contributed by atoms with van der Waals surface area (Å²) in [4.78, 5) is 7.72. The Hall–Kier alpha value is -3.44. The maximum absolute atomic E-state index is 13.7. The number of nitrogens with one attached hydrogen (secondary N) is 1. The number of halogens is 1. The molecule has 0 unspecified atom stereocenters. The topological polar surface area (TPSA) is 74.4 Å². The van der Waals surface area contributed by atoms with Crippen LogP contribution in [0.15, 0.2) is 77.8 Å². The molecule has 0 aliphatic heterocycles. The zero-order valence-corrected chi connectivity index (χ0v) is 16.3. The summed E-state index contributed by atoms with van der Waals surface area (Å²) in [5.74, 6) is -0.426. The minimum atomic E-state index is -0.501. The first-order valence-corrected chi connectivity index (χ1v) is 9.37. The quantitative estimate of drug-likeness (QED) is 0.412. The molecule has 4 aromatic rings. The molecule has 4 N–H and O–H groups in total. The van der Waals surface area contributed by atoms with Gasteiger partial charge in [0.2, 0.25) is 0 Å². The van der Waals surface area contributed by atoms with Crippen molar-refractivity contribution in [3.05, 3.63) is 95.3 Å². The fraction of sp³-hybridized carbons (Fsp3) is 0.125. The highest BCUT2D eigenvalue weighted by molar-refractivity contribution is 6.21. The number of nitrogens with zero attached hydrogens (tertiary/aromatic N) is 1. The molecule has 0 atom stereocenters. The fourth-order valence-electron chi connectivity index (χ4n) is 3.36. The van der Waals surface area contributed by atoms with Crippen molar-refractivity contribution in [2.24, 2.45) is 10.7 Å². The molecule has 0 spiro atoms. The van der Waals surface area contributed by atoms with Crippen molar-refractivity contribution >= 4 is 22.3 Å². The van der Waals surface area contributed by atoms with E-state index in [0.29, 0.717) is 22.2 Å². The van der Waals surface area contributed by atoms with Gasteiger partial charge >= 0.3 is 0 Å². The van der Waals surface area contributed by atoms with E-state index in [4.69, 9.17) is 10.7 Å². The second-order valence-electron chi connectivity index (χ2n) is 7.64. The molecule has 0 aliphatic carbocycles. The van der Waals surface area contributed by atoms with E-state index in [1.807, 2.05) is 68.4 Å². The van der Waals surface area contributed by atoms with E-state index in [-0.39, 0.29) is 11.7 Å². The maximum Gasteiger partial charge on any atom is 0.199 e. The van der Waals surface area contributed by atoms with E-state index >= 15 is 0 Å². The van der Waals surface area contributed by atoms with E-state index in [9.17, 15) is 9.50 Å². The number of aliphatic imine (C=N–C) groups is 1. The summed E-state index contributed by atoms with van der Waals surface area (Å²) in [6, 6.07) is 21.7. The van der Waals surface area contributed by atoms with Gasteiger partial charge in [0.1, 0.15) is 5.82 Å². The van der Waals surface area contributed by atoms with E-state index in [0.717, 1.165) is 16.8 Å². The molecule has 5 heteroatoms. The van der Waals surface area contributed by atoms with Crippen molar-refractivity contribution in [2.45, 2.75) is 19.4 Å². The molecule has 29 heavy (non-hydrogen) atoms. The maximum atomic E-state index is 13.7. The Kier molecular flexibility index (Phi) is 4.68. The van der Waals surface area contributed by atoms with Crippen LogP contribution in [0, 0.1) is 5.82 Å². The molecule has 146 valence electrons. The van der Waals surface area contributed by atoms with Crippen molar-refractivity contribution in [1.82, 2.24) is 4.98 Å². The first-order chi connectivity index (χ1) is 13.8. The van der Waals surface area contributed by atoms with E-state index in [2.05, 4.69) is 4.98 Å². The molecule has 0 amide bonds. The lowest BCUT2D eigenvalue weighted by Gasteiger charge is -2.19. The summed E-state index contributed by atoms with van der Waals surface area (Å²) in [5, 5.41) is 11.3. The Morgan fingerprint density at radius 2 is 1.76 bits per heavy atom. The van der Waals surface area contributed by atoms with Crippen LogP contribution < -0.4 is 5.73 Å². The lowest BCUT2D eigenvalue weighted by Crippen LogP contribution is -2.28. The van der Waals surface area contributed by atoms with Crippen LogP contribution in [0.1, 0.15) is 30.5 Å². The predicted molar refractivity (Wildman–Crippen MR) is 115 cm³/mol. The van der Waals surface area contributed by atoms with Gasteiger partial charge in [-0.05, 0) is 49.7 Å². The van der Waals surface area contributed by atoms with Gasteiger partial charge in [0.25, 0.3) is 0 Å². The van der Waals surface area contributed by atoms with E-state index in [1.165, 1.54) is 12.1 Å². The molecule has 0 saturated heterocycles. The van der Waals surface area contributed by atoms with Crippen LogP contribution in [0.5, 0.6) is 5.88 Å². The van der Waals surface area contributed by atoms with Gasteiger partial charge in [0, 0.05) is 16.5 Å². The molecular formula is C24H22FN3O. The Morgan fingerprint density at radius 3 is 2.48 bits per heavy atom. The average Bonchev–Trinajstić information content (AvgIpc) is 3.01. The van der Waals surface area contributed by atoms with Crippen molar-refractivity contribution < 1.29 is 9.50 Å². The Bertz CT molecular complexity index is 1200. The molecule has 1 heterocycles. The number of aromatic amines is 1. The highest BCUT2D eigenvalue weighted by Gasteiger charge is 2.19. The number of hydrogen-bond acceptors (Lipinski definition) is 3. The number of H-pyrrole nitrogens is 1. The zero-order chi connectivity index (χ0) is 20.6. The lowest BCUT2D eigenvalue weighted by molar-refractivity contribution is 0.457. The number of rotatable bonds is 4. The van der Waals surface area contributed by atoms with Crippen LogP contribution in [0.2, 0.25) is 0 Å². The van der Waals surface area contributed by atoms with Gasteiger partial charge in [-0.15, -0.1) is 0 Å².